The Morgan fingerprint density at radius 1 is 1.12 bits per heavy atom. The van der Waals surface area contributed by atoms with Crippen LogP contribution in [0.3, 0.4) is 0 Å². The van der Waals surface area contributed by atoms with Gasteiger partial charge in [0.1, 0.15) is 0 Å². The van der Waals surface area contributed by atoms with Crippen molar-refractivity contribution in [3.63, 3.8) is 0 Å². The largest absolute Gasteiger partial charge is 0.473 e. The number of carboxylic acids is 2. The van der Waals surface area contributed by atoms with Crippen LogP contribution in [0.4, 0.5) is 0 Å². The van der Waals surface area contributed by atoms with Gasteiger partial charge in [0.15, 0.2) is 0 Å². The van der Waals surface area contributed by atoms with Gasteiger partial charge in [-0.1, -0.05) is 23.7 Å². The second kappa shape index (κ2) is 11.0. The average molecular weight is 360 g/mol. The van der Waals surface area contributed by atoms with Crippen LogP contribution in [0.5, 0.6) is 0 Å². The first-order valence-corrected chi connectivity index (χ1v) is 7.95. The summed E-state index contributed by atoms with van der Waals surface area (Å²) in [4.78, 5) is 20.5. The Labute approximate surface area is 145 Å². The van der Waals surface area contributed by atoms with Crippen molar-refractivity contribution in [2.24, 2.45) is 0 Å². The minimum atomic E-state index is -1.82. The van der Waals surface area contributed by atoms with Gasteiger partial charge in [-0.05, 0) is 43.6 Å². The van der Waals surface area contributed by atoms with E-state index in [1.165, 1.54) is 12.8 Å². The number of hydrogen-bond acceptors (Lipinski definition) is 5. The molecule has 0 aromatic heterocycles. The molecule has 2 rings (SSSR count). The quantitative estimate of drug-likeness (QED) is 0.660. The first-order valence-electron chi connectivity index (χ1n) is 7.57. The Morgan fingerprint density at radius 2 is 1.67 bits per heavy atom. The molecule has 0 saturated carbocycles. The van der Waals surface area contributed by atoms with E-state index in [9.17, 15) is 5.11 Å². The average Bonchev–Trinajstić information content (AvgIpc) is 3.02. The second-order valence-corrected chi connectivity index (χ2v) is 5.85. The number of likely N-dealkylation sites (tertiary alicyclic amines) is 1. The highest BCUT2D eigenvalue weighted by molar-refractivity contribution is 6.30. The van der Waals surface area contributed by atoms with E-state index in [1.54, 1.807) is 0 Å². The van der Waals surface area contributed by atoms with Gasteiger partial charge in [0, 0.05) is 11.6 Å². The van der Waals surface area contributed by atoms with Crippen LogP contribution >= 0.6 is 11.6 Å². The highest BCUT2D eigenvalue weighted by atomic mass is 35.5. The minimum Gasteiger partial charge on any atom is -0.473 e. The van der Waals surface area contributed by atoms with Crippen molar-refractivity contribution in [3.8, 4) is 0 Å². The number of benzene rings is 1. The summed E-state index contributed by atoms with van der Waals surface area (Å²) >= 11 is 5.80. The standard InChI is InChI=1S/C14H20ClNO2.C2H2O4/c15-13-5-3-12(4-6-13)10-18-11-14(17)9-16-7-1-2-8-16;3-1(4)2(5)6/h3-6,14,17H,1-2,7-11H2;(H,3,4)(H,5,6). The number of aliphatic hydroxyl groups is 1. The molecule has 1 aliphatic heterocycles. The number of β-amino-alcohol motifs (C(OH)–C–C–N with tert-alkyl or cyclic N) is 1. The maximum absolute atomic E-state index is 9.84. The van der Waals surface area contributed by atoms with Gasteiger partial charge in [-0.15, -0.1) is 0 Å². The summed E-state index contributed by atoms with van der Waals surface area (Å²) in [5.74, 6) is -3.65. The molecule has 0 amide bonds. The predicted molar refractivity (Wildman–Crippen MR) is 88.1 cm³/mol. The van der Waals surface area contributed by atoms with E-state index in [2.05, 4.69) is 4.90 Å². The van der Waals surface area contributed by atoms with Gasteiger partial charge in [0.05, 0.1) is 19.3 Å². The second-order valence-electron chi connectivity index (χ2n) is 5.41. The summed E-state index contributed by atoms with van der Waals surface area (Å²) < 4.78 is 5.51. The molecule has 1 aromatic carbocycles. The Morgan fingerprint density at radius 3 is 2.17 bits per heavy atom. The molecule has 1 unspecified atom stereocenters. The summed E-state index contributed by atoms with van der Waals surface area (Å²) in [6.45, 7) is 3.84. The van der Waals surface area contributed by atoms with Gasteiger partial charge < -0.3 is 25.0 Å². The number of carboxylic acid groups (broad SMARTS) is 2. The highest BCUT2D eigenvalue weighted by Crippen LogP contribution is 2.11. The SMILES string of the molecule is O=C(O)C(=O)O.OC(COCc1ccc(Cl)cc1)CN1CCCC1. The molecule has 0 bridgehead atoms. The zero-order chi connectivity index (χ0) is 17.9. The van der Waals surface area contributed by atoms with Crippen LogP contribution in [-0.2, 0) is 20.9 Å². The first-order chi connectivity index (χ1) is 11.4. The minimum absolute atomic E-state index is 0.388. The molecule has 1 aromatic rings. The molecule has 1 saturated heterocycles. The molecule has 1 heterocycles. The molecule has 0 aliphatic carbocycles. The van der Waals surface area contributed by atoms with Crippen molar-refractivity contribution in [3.05, 3.63) is 34.9 Å². The Hall–Kier alpha value is -1.67. The van der Waals surface area contributed by atoms with Crippen molar-refractivity contribution < 1.29 is 29.6 Å². The summed E-state index contributed by atoms with van der Waals surface area (Å²) in [6.07, 6.45) is 2.10. The third kappa shape index (κ3) is 8.83. The highest BCUT2D eigenvalue weighted by Gasteiger charge is 2.15. The van der Waals surface area contributed by atoms with Crippen LogP contribution in [0.2, 0.25) is 5.02 Å². The van der Waals surface area contributed by atoms with Crippen LogP contribution in [0.25, 0.3) is 0 Å². The third-order valence-corrected chi connectivity index (χ3v) is 3.59. The van der Waals surface area contributed by atoms with Crippen molar-refractivity contribution in [1.82, 2.24) is 4.90 Å². The predicted octanol–water partition coefficient (Wildman–Crippen LogP) is 1.47. The molecule has 0 radical (unpaired) electrons. The number of carbonyl (C=O) groups is 2. The van der Waals surface area contributed by atoms with Crippen LogP contribution in [-0.4, -0.2) is 64.5 Å². The fourth-order valence-electron chi connectivity index (χ4n) is 2.21. The van der Waals surface area contributed by atoms with Crippen molar-refractivity contribution in [2.75, 3.05) is 26.2 Å². The maximum Gasteiger partial charge on any atom is 0.414 e. The number of nitrogens with zero attached hydrogens (tertiary/aromatic N) is 1. The smallest absolute Gasteiger partial charge is 0.414 e. The maximum atomic E-state index is 9.84. The van der Waals surface area contributed by atoms with Gasteiger partial charge in [-0.2, -0.15) is 0 Å². The van der Waals surface area contributed by atoms with E-state index in [4.69, 9.17) is 36.1 Å². The van der Waals surface area contributed by atoms with Gasteiger partial charge in [-0.25, -0.2) is 9.59 Å². The zero-order valence-electron chi connectivity index (χ0n) is 13.2. The van der Waals surface area contributed by atoms with E-state index in [0.29, 0.717) is 13.2 Å². The van der Waals surface area contributed by atoms with Gasteiger partial charge in [0.2, 0.25) is 0 Å². The topological polar surface area (TPSA) is 107 Å². The fraction of sp³-hybridized carbons (Fsp3) is 0.500. The molecule has 8 heteroatoms. The number of hydrogen-bond donors (Lipinski definition) is 3. The molecule has 1 fully saturated rings. The van der Waals surface area contributed by atoms with Gasteiger partial charge in [0.25, 0.3) is 0 Å². The van der Waals surface area contributed by atoms with Crippen LogP contribution in [0, 0.1) is 0 Å². The van der Waals surface area contributed by atoms with E-state index in [0.717, 1.165) is 30.2 Å². The van der Waals surface area contributed by atoms with Crippen LogP contribution in [0.15, 0.2) is 24.3 Å². The number of halogens is 1. The number of aliphatic hydroxyl groups excluding tert-OH is 1. The van der Waals surface area contributed by atoms with Crippen molar-refractivity contribution in [1.29, 1.82) is 0 Å². The first kappa shape index (κ1) is 20.4. The zero-order valence-corrected chi connectivity index (χ0v) is 14.0. The molecule has 1 atom stereocenters. The lowest BCUT2D eigenvalue weighted by Gasteiger charge is -2.19. The molecule has 7 nitrogen and oxygen atoms in total. The van der Waals surface area contributed by atoms with Crippen molar-refractivity contribution >= 4 is 23.5 Å². The van der Waals surface area contributed by atoms with E-state index in [1.807, 2.05) is 24.3 Å². The van der Waals surface area contributed by atoms with Crippen LogP contribution in [0.1, 0.15) is 18.4 Å². The molecular formula is C16H22ClNO6. The number of ether oxygens (including phenoxy) is 1. The van der Waals surface area contributed by atoms with E-state index in [-0.39, 0.29) is 0 Å². The monoisotopic (exact) mass is 359 g/mol. The number of aliphatic carboxylic acids is 2. The normalized spacial score (nSPS) is 15.4. The van der Waals surface area contributed by atoms with E-state index < -0.39 is 18.0 Å². The lowest BCUT2D eigenvalue weighted by Crippen LogP contribution is -2.32. The summed E-state index contributed by atoms with van der Waals surface area (Å²) in [7, 11) is 0. The lowest BCUT2D eigenvalue weighted by molar-refractivity contribution is -0.159. The summed E-state index contributed by atoms with van der Waals surface area (Å²) in [5, 5.41) is 25.4. The molecule has 24 heavy (non-hydrogen) atoms. The Kier molecular flexibility index (Phi) is 9.33. The fourth-order valence-corrected chi connectivity index (χ4v) is 2.34. The Balaban J connectivity index is 0.000000413. The third-order valence-electron chi connectivity index (χ3n) is 3.34. The summed E-state index contributed by atoms with van der Waals surface area (Å²) in [6, 6.07) is 7.58. The lowest BCUT2D eigenvalue weighted by atomic mass is 10.2. The molecule has 134 valence electrons. The van der Waals surface area contributed by atoms with E-state index >= 15 is 0 Å². The van der Waals surface area contributed by atoms with Gasteiger partial charge in [-0.3, -0.25) is 0 Å². The Bertz CT molecular complexity index is 504. The molecule has 0 spiro atoms. The number of rotatable bonds is 6. The summed E-state index contributed by atoms with van der Waals surface area (Å²) in [5.41, 5.74) is 1.08. The van der Waals surface area contributed by atoms with Crippen molar-refractivity contribution in [2.45, 2.75) is 25.6 Å². The molecule has 3 N–H and O–H groups in total. The molecule has 1 aliphatic rings. The van der Waals surface area contributed by atoms with Gasteiger partial charge >= 0.3 is 11.9 Å². The van der Waals surface area contributed by atoms with Crippen LogP contribution < -0.4 is 0 Å². The molecular weight excluding hydrogens is 338 g/mol.